The van der Waals surface area contributed by atoms with Crippen LogP contribution in [0.15, 0.2) is 0 Å². The minimum atomic E-state index is -1.14. The number of likely N-dealkylation sites (tertiary alicyclic amines) is 1. The van der Waals surface area contributed by atoms with Gasteiger partial charge in [-0.15, -0.1) is 0 Å². The van der Waals surface area contributed by atoms with E-state index in [-0.39, 0.29) is 30.7 Å². The van der Waals surface area contributed by atoms with Crippen LogP contribution in [-0.4, -0.2) is 77.4 Å². The highest BCUT2D eigenvalue weighted by molar-refractivity contribution is 5.94. The van der Waals surface area contributed by atoms with Gasteiger partial charge in [0.25, 0.3) is 0 Å². The Kier molecular flexibility index (Phi) is 11.1. The Hall–Kier alpha value is -2.69. The second kappa shape index (κ2) is 13.0. The molecule has 0 radical (unpaired) electrons. The maximum atomic E-state index is 12.8. The lowest BCUT2D eigenvalue weighted by Gasteiger charge is -2.26. The van der Waals surface area contributed by atoms with Crippen molar-refractivity contribution in [2.24, 2.45) is 17.6 Å². The molecule has 1 aliphatic rings. The van der Waals surface area contributed by atoms with E-state index in [1.165, 1.54) is 4.90 Å². The van der Waals surface area contributed by atoms with Crippen molar-refractivity contribution in [1.82, 2.24) is 20.9 Å². The zero-order valence-corrected chi connectivity index (χ0v) is 19.3. The molecule has 1 fully saturated rings. The lowest BCUT2D eigenvalue weighted by molar-refractivity contribution is -0.142. The van der Waals surface area contributed by atoms with Crippen LogP contribution in [0.4, 0.5) is 0 Å². The highest BCUT2D eigenvalue weighted by Gasteiger charge is 2.35. The highest BCUT2D eigenvalue weighted by atomic mass is 16.4. The van der Waals surface area contributed by atoms with Gasteiger partial charge in [0.2, 0.25) is 23.6 Å². The van der Waals surface area contributed by atoms with Gasteiger partial charge in [-0.05, 0) is 37.5 Å². The SMILES string of the molecule is CC(C)C[C@@H](NC(=O)CNC(=O)[C@@H](CC(C)C)NC(=O)[C@H]1CCCN1C(=O)CN)C(=O)O. The Morgan fingerprint density at radius 3 is 2.12 bits per heavy atom. The van der Waals surface area contributed by atoms with E-state index in [0.717, 1.165) is 0 Å². The normalized spacial score (nSPS) is 17.7. The molecule has 3 atom stereocenters. The summed E-state index contributed by atoms with van der Waals surface area (Å²) in [6.45, 7) is 7.31. The summed E-state index contributed by atoms with van der Waals surface area (Å²) in [5.74, 6) is -2.93. The third-order valence-electron chi connectivity index (χ3n) is 5.15. The first-order valence-electron chi connectivity index (χ1n) is 11.1. The van der Waals surface area contributed by atoms with Crippen LogP contribution in [0.25, 0.3) is 0 Å². The summed E-state index contributed by atoms with van der Waals surface area (Å²) in [4.78, 5) is 62.3. The molecule has 0 saturated carbocycles. The monoisotopic (exact) mass is 455 g/mol. The first-order valence-corrected chi connectivity index (χ1v) is 11.1. The van der Waals surface area contributed by atoms with Gasteiger partial charge in [-0.3, -0.25) is 19.2 Å². The highest BCUT2D eigenvalue weighted by Crippen LogP contribution is 2.18. The lowest BCUT2D eigenvalue weighted by atomic mass is 10.0. The third-order valence-corrected chi connectivity index (χ3v) is 5.15. The van der Waals surface area contributed by atoms with Gasteiger partial charge in [0.15, 0.2) is 0 Å². The molecule has 1 rings (SSSR count). The Balaban J connectivity index is 2.71. The summed E-state index contributed by atoms with van der Waals surface area (Å²) in [6, 6.07) is -2.61. The second-order valence-electron chi connectivity index (χ2n) is 8.95. The fourth-order valence-electron chi connectivity index (χ4n) is 3.65. The summed E-state index contributed by atoms with van der Waals surface area (Å²) in [7, 11) is 0. The molecule has 0 aromatic heterocycles. The van der Waals surface area contributed by atoms with Gasteiger partial charge in [0, 0.05) is 6.54 Å². The Bertz CT molecular complexity index is 696. The van der Waals surface area contributed by atoms with Gasteiger partial charge < -0.3 is 31.7 Å². The molecule has 4 amide bonds. The number of carbonyl (C=O) groups excluding carboxylic acids is 4. The third kappa shape index (κ3) is 8.81. The fraction of sp³-hybridized carbons (Fsp3) is 0.762. The zero-order valence-electron chi connectivity index (χ0n) is 19.3. The number of aliphatic carboxylic acids is 1. The first-order chi connectivity index (χ1) is 15.0. The van der Waals surface area contributed by atoms with Crippen LogP contribution in [0.1, 0.15) is 53.4 Å². The largest absolute Gasteiger partial charge is 0.480 e. The topological polar surface area (TPSA) is 171 Å². The van der Waals surface area contributed by atoms with Gasteiger partial charge in [-0.2, -0.15) is 0 Å². The smallest absolute Gasteiger partial charge is 0.326 e. The van der Waals surface area contributed by atoms with Gasteiger partial charge >= 0.3 is 5.97 Å². The van der Waals surface area contributed by atoms with Crippen LogP contribution in [-0.2, 0) is 24.0 Å². The molecule has 1 saturated heterocycles. The van der Waals surface area contributed by atoms with Gasteiger partial charge in [0.1, 0.15) is 18.1 Å². The molecule has 1 heterocycles. The van der Waals surface area contributed by atoms with Crippen molar-refractivity contribution < 1.29 is 29.1 Å². The summed E-state index contributed by atoms with van der Waals surface area (Å²) >= 11 is 0. The standard InChI is InChI=1S/C21H37N5O6/c1-12(2)8-14(25-20(30)16-6-5-7-26(16)18(28)10-22)19(29)23-11-17(27)24-15(21(31)32)9-13(3)4/h12-16H,5-11,22H2,1-4H3,(H,23,29)(H,24,27)(H,25,30)(H,31,32)/t14-,15-,16-/m1/s1. The van der Waals surface area contributed by atoms with Crippen LogP contribution < -0.4 is 21.7 Å². The molecule has 32 heavy (non-hydrogen) atoms. The van der Waals surface area contributed by atoms with Gasteiger partial charge in [-0.1, -0.05) is 27.7 Å². The number of nitrogens with zero attached hydrogens (tertiary/aromatic N) is 1. The van der Waals surface area contributed by atoms with Crippen LogP contribution in [0.2, 0.25) is 0 Å². The van der Waals surface area contributed by atoms with Crippen LogP contribution in [0.5, 0.6) is 0 Å². The van der Waals surface area contributed by atoms with E-state index in [9.17, 15) is 29.1 Å². The maximum absolute atomic E-state index is 12.8. The number of carbonyl (C=O) groups is 5. The maximum Gasteiger partial charge on any atom is 0.326 e. The van der Waals surface area contributed by atoms with Crippen LogP contribution in [0, 0.1) is 11.8 Å². The van der Waals surface area contributed by atoms with E-state index >= 15 is 0 Å². The predicted octanol–water partition coefficient (Wildman–Crippen LogP) is -0.801. The minimum Gasteiger partial charge on any atom is -0.480 e. The van der Waals surface area contributed by atoms with Crippen molar-refractivity contribution >= 4 is 29.6 Å². The zero-order chi connectivity index (χ0) is 24.4. The van der Waals surface area contributed by atoms with Crippen molar-refractivity contribution in [3.63, 3.8) is 0 Å². The molecule has 1 aliphatic heterocycles. The summed E-state index contributed by atoms with van der Waals surface area (Å²) in [6.07, 6.45) is 1.76. The molecule has 0 spiro atoms. The summed E-state index contributed by atoms with van der Waals surface area (Å²) in [5.41, 5.74) is 5.42. The number of hydrogen-bond donors (Lipinski definition) is 5. The number of hydrogen-bond acceptors (Lipinski definition) is 6. The van der Waals surface area contributed by atoms with Crippen molar-refractivity contribution in [3.8, 4) is 0 Å². The molecule has 11 heteroatoms. The molecular weight excluding hydrogens is 418 g/mol. The number of nitrogens with one attached hydrogen (secondary N) is 3. The minimum absolute atomic E-state index is 0.0675. The molecule has 6 N–H and O–H groups in total. The molecule has 0 aromatic carbocycles. The number of carboxylic acid groups (broad SMARTS) is 1. The Morgan fingerprint density at radius 2 is 1.59 bits per heavy atom. The van der Waals surface area contributed by atoms with Crippen molar-refractivity contribution in [2.45, 2.75) is 71.5 Å². The van der Waals surface area contributed by atoms with E-state index in [4.69, 9.17) is 5.73 Å². The van der Waals surface area contributed by atoms with Crippen molar-refractivity contribution in [1.29, 1.82) is 0 Å². The number of amides is 4. The molecule has 182 valence electrons. The van der Waals surface area contributed by atoms with Crippen LogP contribution in [0.3, 0.4) is 0 Å². The molecule has 0 aromatic rings. The second-order valence-corrected chi connectivity index (χ2v) is 8.95. The van der Waals surface area contributed by atoms with E-state index in [1.807, 2.05) is 27.7 Å². The van der Waals surface area contributed by atoms with E-state index < -0.39 is 48.4 Å². The average molecular weight is 456 g/mol. The van der Waals surface area contributed by atoms with E-state index in [0.29, 0.717) is 25.8 Å². The quantitative estimate of drug-likeness (QED) is 0.256. The number of carboxylic acids is 1. The van der Waals surface area contributed by atoms with Crippen LogP contribution >= 0.6 is 0 Å². The molecule has 0 unspecified atom stereocenters. The van der Waals surface area contributed by atoms with Gasteiger partial charge in [-0.25, -0.2) is 4.79 Å². The number of nitrogens with two attached hydrogens (primary N) is 1. The lowest BCUT2D eigenvalue weighted by Crippen LogP contribution is -2.55. The Morgan fingerprint density at radius 1 is 1.00 bits per heavy atom. The van der Waals surface area contributed by atoms with Crippen molar-refractivity contribution in [3.05, 3.63) is 0 Å². The number of rotatable bonds is 12. The Labute approximate surface area is 188 Å². The van der Waals surface area contributed by atoms with Gasteiger partial charge in [0.05, 0.1) is 13.1 Å². The predicted molar refractivity (Wildman–Crippen MR) is 117 cm³/mol. The molecule has 0 bridgehead atoms. The summed E-state index contributed by atoms with van der Waals surface area (Å²) < 4.78 is 0. The molecular formula is C21H37N5O6. The van der Waals surface area contributed by atoms with Crippen molar-refractivity contribution in [2.75, 3.05) is 19.6 Å². The molecule has 11 nitrogen and oxygen atoms in total. The van der Waals surface area contributed by atoms with E-state index in [1.54, 1.807) is 0 Å². The first kappa shape index (κ1) is 27.3. The summed E-state index contributed by atoms with van der Waals surface area (Å²) in [5, 5.41) is 16.8. The van der Waals surface area contributed by atoms with E-state index in [2.05, 4.69) is 16.0 Å². The fourth-order valence-corrected chi connectivity index (χ4v) is 3.65. The molecule has 0 aliphatic carbocycles. The average Bonchev–Trinajstić information content (AvgIpc) is 3.19.